The summed E-state index contributed by atoms with van der Waals surface area (Å²) in [6.07, 6.45) is 2.23. The van der Waals surface area contributed by atoms with Crippen LogP contribution in [0.25, 0.3) is 0 Å². The van der Waals surface area contributed by atoms with E-state index in [0.717, 1.165) is 30.9 Å². The molecule has 0 aliphatic carbocycles. The monoisotopic (exact) mass is 254 g/mol. The number of rotatable bonds is 8. The van der Waals surface area contributed by atoms with Crippen molar-refractivity contribution < 1.29 is 9.52 Å². The second-order valence-electron chi connectivity index (χ2n) is 4.87. The maximum Gasteiger partial charge on any atom is 0.122 e. The Hall–Kier alpha value is -0.840. The van der Waals surface area contributed by atoms with Crippen molar-refractivity contribution in [1.82, 2.24) is 4.90 Å². The Balaban J connectivity index is 2.85. The van der Waals surface area contributed by atoms with Gasteiger partial charge in [-0.3, -0.25) is 4.90 Å². The van der Waals surface area contributed by atoms with Gasteiger partial charge in [0.25, 0.3) is 0 Å². The van der Waals surface area contributed by atoms with E-state index in [1.54, 1.807) is 0 Å². The number of aliphatic hydroxyl groups excluding tert-OH is 1. The lowest BCUT2D eigenvalue weighted by molar-refractivity contribution is 0.120. The Labute approximate surface area is 110 Å². The zero-order chi connectivity index (χ0) is 13.5. The molecule has 2 atom stereocenters. The number of aliphatic hydroxyl groups is 1. The van der Waals surface area contributed by atoms with Gasteiger partial charge in [-0.05, 0) is 38.9 Å². The van der Waals surface area contributed by atoms with E-state index in [1.165, 1.54) is 0 Å². The van der Waals surface area contributed by atoms with Crippen molar-refractivity contribution in [2.45, 2.75) is 45.7 Å². The van der Waals surface area contributed by atoms with Crippen LogP contribution in [0.5, 0.6) is 0 Å². The van der Waals surface area contributed by atoms with Crippen LogP contribution < -0.4 is 5.73 Å². The van der Waals surface area contributed by atoms with Crippen LogP contribution in [0.3, 0.4) is 0 Å². The minimum absolute atomic E-state index is 0.0287. The molecule has 0 radical (unpaired) electrons. The first-order chi connectivity index (χ1) is 8.60. The Bertz CT molecular complexity index is 336. The molecule has 1 aromatic rings. The molecule has 1 aromatic heterocycles. The van der Waals surface area contributed by atoms with Crippen LogP contribution in [0.1, 0.15) is 44.3 Å². The van der Waals surface area contributed by atoms with Crippen LogP contribution in [-0.4, -0.2) is 35.7 Å². The normalized spacial score (nSPS) is 15.0. The number of nitrogens with two attached hydrogens (primary N) is 1. The van der Waals surface area contributed by atoms with Crippen molar-refractivity contribution in [2.75, 3.05) is 19.7 Å². The van der Waals surface area contributed by atoms with Crippen molar-refractivity contribution in [3.63, 3.8) is 0 Å². The van der Waals surface area contributed by atoms with E-state index in [1.807, 2.05) is 26.0 Å². The molecule has 18 heavy (non-hydrogen) atoms. The Kier molecular flexibility index (Phi) is 6.39. The second kappa shape index (κ2) is 7.56. The third kappa shape index (κ3) is 4.12. The molecule has 0 aliphatic rings. The minimum atomic E-state index is -0.0287. The van der Waals surface area contributed by atoms with Gasteiger partial charge in [0.2, 0.25) is 0 Å². The predicted molar refractivity (Wildman–Crippen MR) is 73.4 cm³/mol. The SMILES string of the molecule is CCCCN(CCO)C(c1ccc(C)o1)C(C)N. The molecule has 4 nitrogen and oxygen atoms in total. The van der Waals surface area contributed by atoms with Crippen molar-refractivity contribution in [3.05, 3.63) is 23.7 Å². The molecular weight excluding hydrogens is 228 g/mol. The highest BCUT2D eigenvalue weighted by Crippen LogP contribution is 2.25. The van der Waals surface area contributed by atoms with E-state index in [4.69, 9.17) is 10.2 Å². The molecule has 0 aromatic carbocycles. The fourth-order valence-corrected chi connectivity index (χ4v) is 2.26. The summed E-state index contributed by atoms with van der Waals surface area (Å²) in [5.74, 6) is 1.79. The van der Waals surface area contributed by atoms with Gasteiger partial charge in [-0.15, -0.1) is 0 Å². The number of furan rings is 1. The van der Waals surface area contributed by atoms with Gasteiger partial charge >= 0.3 is 0 Å². The molecule has 2 unspecified atom stereocenters. The summed E-state index contributed by atoms with van der Waals surface area (Å²) in [4.78, 5) is 2.21. The van der Waals surface area contributed by atoms with Gasteiger partial charge in [0, 0.05) is 12.6 Å². The number of aryl methyl sites for hydroxylation is 1. The largest absolute Gasteiger partial charge is 0.465 e. The van der Waals surface area contributed by atoms with Crippen molar-refractivity contribution in [1.29, 1.82) is 0 Å². The molecule has 1 rings (SSSR count). The average Bonchev–Trinajstić information content (AvgIpc) is 2.72. The van der Waals surface area contributed by atoms with Crippen LogP contribution in [0.15, 0.2) is 16.5 Å². The zero-order valence-corrected chi connectivity index (χ0v) is 11.7. The van der Waals surface area contributed by atoms with E-state index in [9.17, 15) is 5.11 Å². The van der Waals surface area contributed by atoms with E-state index in [0.29, 0.717) is 6.54 Å². The van der Waals surface area contributed by atoms with Crippen LogP contribution in [0, 0.1) is 6.92 Å². The molecule has 3 N–H and O–H groups in total. The number of hydrogen-bond donors (Lipinski definition) is 2. The summed E-state index contributed by atoms with van der Waals surface area (Å²) in [7, 11) is 0. The molecule has 0 spiro atoms. The lowest BCUT2D eigenvalue weighted by Gasteiger charge is -2.32. The van der Waals surface area contributed by atoms with Gasteiger partial charge in [0.1, 0.15) is 11.5 Å². The molecular formula is C14H26N2O2. The first-order valence-electron chi connectivity index (χ1n) is 6.77. The summed E-state index contributed by atoms with van der Waals surface area (Å²) in [6, 6.07) is 3.96. The Morgan fingerprint density at radius 3 is 2.56 bits per heavy atom. The summed E-state index contributed by atoms with van der Waals surface area (Å²) in [5, 5.41) is 9.21. The van der Waals surface area contributed by atoms with Gasteiger partial charge in [0.05, 0.1) is 12.6 Å². The second-order valence-corrected chi connectivity index (χ2v) is 4.87. The summed E-state index contributed by atoms with van der Waals surface area (Å²) >= 11 is 0. The lowest BCUT2D eigenvalue weighted by Crippen LogP contribution is -2.41. The highest BCUT2D eigenvalue weighted by Gasteiger charge is 2.26. The fourth-order valence-electron chi connectivity index (χ4n) is 2.26. The van der Waals surface area contributed by atoms with E-state index < -0.39 is 0 Å². The average molecular weight is 254 g/mol. The third-order valence-corrected chi connectivity index (χ3v) is 3.13. The molecule has 104 valence electrons. The molecule has 0 bridgehead atoms. The van der Waals surface area contributed by atoms with Gasteiger partial charge in [0.15, 0.2) is 0 Å². The van der Waals surface area contributed by atoms with Crippen LogP contribution in [0.4, 0.5) is 0 Å². The highest BCUT2D eigenvalue weighted by atomic mass is 16.3. The van der Waals surface area contributed by atoms with Gasteiger partial charge in [-0.1, -0.05) is 13.3 Å². The minimum Gasteiger partial charge on any atom is -0.465 e. The molecule has 0 amide bonds. The molecule has 0 fully saturated rings. The number of hydrogen-bond acceptors (Lipinski definition) is 4. The van der Waals surface area contributed by atoms with Crippen molar-refractivity contribution in [2.24, 2.45) is 5.73 Å². The molecule has 1 heterocycles. The smallest absolute Gasteiger partial charge is 0.122 e. The Morgan fingerprint density at radius 2 is 2.11 bits per heavy atom. The fraction of sp³-hybridized carbons (Fsp3) is 0.714. The van der Waals surface area contributed by atoms with E-state index in [2.05, 4.69) is 11.8 Å². The first kappa shape index (κ1) is 15.2. The zero-order valence-electron chi connectivity index (χ0n) is 11.7. The molecule has 4 heteroatoms. The Morgan fingerprint density at radius 1 is 1.39 bits per heavy atom. The standard InChI is InChI=1S/C14H26N2O2/c1-4-5-8-16(9-10-17)14(12(3)15)13-7-6-11(2)18-13/h6-7,12,14,17H,4-5,8-10,15H2,1-3H3. The van der Waals surface area contributed by atoms with Crippen molar-refractivity contribution >= 4 is 0 Å². The van der Waals surface area contributed by atoms with Gasteiger partial charge in [-0.25, -0.2) is 0 Å². The first-order valence-corrected chi connectivity index (χ1v) is 6.77. The molecule has 0 saturated carbocycles. The molecule has 0 saturated heterocycles. The summed E-state index contributed by atoms with van der Waals surface area (Å²) in [6.45, 7) is 7.79. The number of unbranched alkanes of at least 4 members (excludes halogenated alkanes) is 1. The maximum absolute atomic E-state index is 9.21. The van der Waals surface area contributed by atoms with E-state index >= 15 is 0 Å². The van der Waals surface area contributed by atoms with Gasteiger partial charge < -0.3 is 15.3 Å². The predicted octanol–water partition coefficient (Wildman–Crippen LogP) is 2.07. The molecule has 0 aliphatic heterocycles. The topological polar surface area (TPSA) is 62.6 Å². The van der Waals surface area contributed by atoms with Crippen LogP contribution in [0.2, 0.25) is 0 Å². The maximum atomic E-state index is 9.21. The third-order valence-electron chi connectivity index (χ3n) is 3.13. The van der Waals surface area contributed by atoms with Crippen LogP contribution in [-0.2, 0) is 0 Å². The summed E-state index contributed by atoms with van der Waals surface area (Å²) in [5.41, 5.74) is 6.10. The summed E-state index contributed by atoms with van der Waals surface area (Å²) < 4.78 is 5.71. The van der Waals surface area contributed by atoms with Crippen molar-refractivity contribution in [3.8, 4) is 0 Å². The lowest BCUT2D eigenvalue weighted by atomic mass is 10.1. The number of nitrogens with zero attached hydrogens (tertiary/aromatic N) is 1. The van der Waals surface area contributed by atoms with Crippen LogP contribution >= 0.6 is 0 Å². The van der Waals surface area contributed by atoms with E-state index in [-0.39, 0.29) is 18.7 Å². The highest BCUT2D eigenvalue weighted by molar-refractivity contribution is 5.11. The van der Waals surface area contributed by atoms with Gasteiger partial charge in [-0.2, -0.15) is 0 Å². The quantitative estimate of drug-likeness (QED) is 0.745.